The third-order valence-corrected chi connectivity index (χ3v) is 9.95. The smallest absolute Gasteiger partial charge is 0.341 e. The van der Waals surface area contributed by atoms with Crippen LogP contribution in [0.4, 0.5) is 5.69 Å². The summed E-state index contributed by atoms with van der Waals surface area (Å²) < 4.78 is 30.8. The SMILES string of the molecule is O=C(O)COc1ccc(CCCS(=O)(=O)c2ccc(Cl)cc2)cc1NC(=O)c1ccc(/C=C/c2ncc(-c3ccccc3)s2)cc1. The van der Waals surface area contributed by atoms with Crippen LogP contribution in [0, 0.1) is 0 Å². The van der Waals surface area contributed by atoms with Crippen LogP contribution < -0.4 is 10.1 Å². The van der Waals surface area contributed by atoms with Crippen molar-refractivity contribution in [1.29, 1.82) is 0 Å². The number of amides is 1. The molecule has 0 unspecified atom stereocenters. The highest BCUT2D eigenvalue weighted by molar-refractivity contribution is 7.91. The minimum absolute atomic E-state index is 0.0783. The van der Waals surface area contributed by atoms with Gasteiger partial charge in [0.25, 0.3) is 5.91 Å². The maximum atomic E-state index is 13.2. The van der Waals surface area contributed by atoms with Crippen LogP contribution in [-0.4, -0.2) is 42.7 Å². The van der Waals surface area contributed by atoms with Crippen molar-refractivity contribution in [2.45, 2.75) is 17.7 Å². The lowest BCUT2D eigenvalue weighted by molar-refractivity contribution is -0.139. The second-order valence-electron chi connectivity index (χ2n) is 10.2. The number of aromatic nitrogens is 1. The van der Waals surface area contributed by atoms with Crippen LogP contribution in [0.25, 0.3) is 22.6 Å². The first-order valence-electron chi connectivity index (χ1n) is 14.2. The normalized spacial score (nSPS) is 11.4. The largest absolute Gasteiger partial charge is 0.480 e. The van der Waals surface area contributed by atoms with Gasteiger partial charge in [0.15, 0.2) is 16.4 Å². The molecule has 1 aromatic heterocycles. The summed E-state index contributed by atoms with van der Waals surface area (Å²) in [7, 11) is -3.50. The van der Waals surface area contributed by atoms with Gasteiger partial charge in [0, 0.05) is 16.8 Å². The molecule has 1 heterocycles. The Hall–Kier alpha value is -4.77. The average Bonchev–Trinajstić information content (AvgIpc) is 3.53. The summed E-state index contributed by atoms with van der Waals surface area (Å²) in [6.45, 7) is -0.589. The fourth-order valence-electron chi connectivity index (χ4n) is 4.53. The standard InChI is InChI=1S/C35H29ClN2O6S2/c36-28-14-16-29(17-15-28)46(42,43)20-4-5-25-10-18-31(44-23-34(39)40)30(21-25)38-35(41)27-12-8-24(9-13-27)11-19-33-37-22-32(45-33)26-6-2-1-3-7-26/h1-3,6-19,21-22H,4-5,20,23H2,(H,38,41)(H,39,40)/b19-11+. The van der Waals surface area contributed by atoms with Gasteiger partial charge < -0.3 is 15.2 Å². The first kappa shape index (κ1) is 32.6. The fourth-order valence-corrected chi connectivity index (χ4v) is 6.79. The summed E-state index contributed by atoms with van der Waals surface area (Å²) in [5.41, 5.74) is 3.42. The number of nitrogens with zero attached hydrogens (tertiary/aromatic N) is 1. The van der Waals surface area contributed by atoms with E-state index in [4.69, 9.17) is 21.4 Å². The molecule has 0 aliphatic heterocycles. The van der Waals surface area contributed by atoms with Crippen molar-refractivity contribution in [1.82, 2.24) is 4.98 Å². The maximum Gasteiger partial charge on any atom is 0.341 e. The number of carbonyl (C=O) groups is 2. The highest BCUT2D eigenvalue weighted by Crippen LogP contribution is 2.29. The summed E-state index contributed by atoms with van der Waals surface area (Å²) in [4.78, 5) is 30.0. The molecule has 4 aromatic carbocycles. The number of hydrogen-bond donors (Lipinski definition) is 2. The highest BCUT2D eigenvalue weighted by atomic mass is 35.5. The van der Waals surface area contributed by atoms with Crippen molar-refractivity contribution in [3.63, 3.8) is 0 Å². The molecule has 5 aromatic rings. The monoisotopic (exact) mass is 672 g/mol. The number of ether oxygens (including phenoxy) is 1. The molecule has 0 bridgehead atoms. The number of anilines is 1. The summed E-state index contributed by atoms with van der Waals surface area (Å²) >= 11 is 7.46. The lowest BCUT2D eigenvalue weighted by atomic mass is 10.1. The van der Waals surface area contributed by atoms with Gasteiger partial charge in [-0.3, -0.25) is 4.79 Å². The molecular weight excluding hydrogens is 644 g/mol. The van der Waals surface area contributed by atoms with Crippen molar-refractivity contribution in [3.8, 4) is 16.2 Å². The number of thiazole rings is 1. The van der Waals surface area contributed by atoms with Gasteiger partial charge >= 0.3 is 5.97 Å². The van der Waals surface area contributed by atoms with E-state index in [0.717, 1.165) is 26.6 Å². The summed E-state index contributed by atoms with van der Waals surface area (Å²) in [5, 5.41) is 13.2. The lowest BCUT2D eigenvalue weighted by Crippen LogP contribution is -2.15. The summed E-state index contributed by atoms with van der Waals surface area (Å²) in [5.74, 6) is -1.46. The van der Waals surface area contributed by atoms with E-state index in [0.29, 0.717) is 23.4 Å². The average molecular weight is 673 g/mol. The van der Waals surface area contributed by atoms with Crippen LogP contribution in [0.2, 0.25) is 5.02 Å². The Balaban J connectivity index is 1.24. The number of aryl methyl sites for hydroxylation is 1. The van der Waals surface area contributed by atoms with Gasteiger partial charge in [-0.15, -0.1) is 11.3 Å². The Labute approximate surface area is 275 Å². The Kier molecular flexibility index (Phi) is 10.6. The molecule has 0 fully saturated rings. The molecule has 0 saturated carbocycles. The van der Waals surface area contributed by atoms with Crippen LogP contribution in [-0.2, 0) is 21.1 Å². The molecule has 0 spiro atoms. The first-order valence-corrected chi connectivity index (χ1v) is 17.1. The molecule has 8 nitrogen and oxygen atoms in total. The Bertz CT molecular complexity index is 1960. The van der Waals surface area contributed by atoms with Gasteiger partial charge in [-0.05, 0) is 84.1 Å². The van der Waals surface area contributed by atoms with Crippen LogP contribution in [0.3, 0.4) is 0 Å². The highest BCUT2D eigenvalue weighted by Gasteiger charge is 2.16. The van der Waals surface area contributed by atoms with Crippen molar-refractivity contribution in [3.05, 3.63) is 130 Å². The number of benzene rings is 4. The van der Waals surface area contributed by atoms with Crippen molar-refractivity contribution in [2.24, 2.45) is 0 Å². The second kappa shape index (κ2) is 15.0. The molecular formula is C35H29ClN2O6S2. The van der Waals surface area contributed by atoms with Crippen molar-refractivity contribution in [2.75, 3.05) is 17.7 Å². The number of carbonyl (C=O) groups excluding carboxylic acids is 1. The molecule has 0 aliphatic carbocycles. The quantitative estimate of drug-likeness (QED) is 0.131. The number of carboxylic acid groups (broad SMARTS) is 1. The number of nitrogens with one attached hydrogen (secondary N) is 1. The van der Waals surface area contributed by atoms with E-state index < -0.39 is 28.3 Å². The fraction of sp³-hybridized carbons (Fsp3) is 0.114. The van der Waals surface area contributed by atoms with Crippen LogP contribution in [0.15, 0.2) is 108 Å². The van der Waals surface area contributed by atoms with Gasteiger partial charge in [-0.25, -0.2) is 18.2 Å². The minimum atomic E-state index is -3.50. The van der Waals surface area contributed by atoms with E-state index in [1.807, 2.05) is 60.8 Å². The van der Waals surface area contributed by atoms with Crippen molar-refractivity contribution >= 4 is 62.5 Å². The number of hydrogen-bond acceptors (Lipinski definition) is 7. The molecule has 5 rings (SSSR count). The maximum absolute atomic E-state index is 13.2. The Morgan fingerprint density at radius 2 is 1.67 bits per heavy atom. The van der Waals surface area contributed by atoms with E-state index in [9.17, 15) is 18.0 Å². The zero-order valence-electron chi connectivity index (χ0n) is 24.4. The molecule has 234 valence electrons. The van der Waals surface area contributed by atoms with E-state index in [1.54, 1.807) is 41.7 Å². The van der Waals surface area contributed by atoms with Gasteiger partial charge in [0.1, 0.15) is 10.8 Å². The molecule has 0 radical (unpaired) electrons. The number of carboxylic acids is 1. The second-order valence-corrected chi connectivity index (χ2v) is 13.8. The number of halogens is 1. The summed E-state index contributed by atoms with van der Waals surface area (Å²) in [6, 6.07) is 28.0. The molecule has 11 heteroatoms. The van der Waals surface area contributed by atoms with E-state index in [-0.39, 0.29) is 22.1 Å². The van der Waals surface area contributed by atoms with Crippen LogP contribution >= 0.6 is 22.9 Å². The van der Waals surface area contributed by atoms with Gasteiger partial charge in [-0.1, -0.05) is 66.2 Å². The van der Waals surface area contributed by atoms with E-state index in [1.165, 1.54) is 24.3 Å². The van der Waals surface area contributed by atoms with Gasteiger partial charge in [0.2, 0.25) is 0 Å². The Morgan fingerprint density at radius 1 is 0.935 bits per heavy atom. The number of aliphatic carboxylic acids is 1. The number of rotatable bonds is 13. The van der Waals surface area contributed by atoms with E-state index in [2.05, 4.69) is 10.3 Å². The molecule has 0 atom stereocenters. The molecule has 0 saturated heterocycles. The van der Waals surface area contributed by atoms with Crippen LogP contribution in [0.1, 0.15) is 32.9 Å². The molecule has 0 aliphatic rings. The number of sulfone groups is 1. The molecule has 2 N–H and O–H groups in total. The van der Waals surface area contributed by atoms with Crippen molar-refractivity contribution < 1.29 is 27.9 Å². The predicted molar refractivity (Wildman–Crippen MR) is 182 cm³/mol. The first-order chi connectivity index (χ1) is 22.2. The minimum Gasteiger partial charge on any atom is -0.480 e. The van der Waals surface area contributed by atoms with Gasteiger partial charge in [-0.2, -0.15) is 0 Å². The van der Waals surface area contributed by atoms with E-state index >= 15 is 0 Å². The zero-order valence-corrected chi connectivity index (χ0v) is 26.8. The van der Waals surface area contributed by atoms with Crippen LogP contribution in [0.5, 0.6) is 5.75 Å². The Morgan fingerprint density at radius 3 is 2.39 bits per heavy atom. The zero-order chi connectivity index (χ0) is 32.5. The third kappa shape index (κ3) is 8.91. The molecule has 1 amide bonds. The third-order valence-electron chi connectivity index (χ3n) is 6.87. The predicted octanol–water partition coefficient (Wildman–Crippen LogP) is 7.76. The van der Waals surface area contributed by atoms with Gasteiger partial charge in [0.05, 0.1) is 21.2 Å². The topological polar surface area (TPSA) is 123 Å². The lowest BCUT2D eigenvalue weighted by Gasteiger charge is -2.14. The molecule has 46 heavy (non-hydrogen) atoms. The summed E-state index contributed by atoms with van der Waals surface area (Å²) in [6.07, 6.45) is 6.42.